The third-order valence-electron chi connectivity index (χ3n) is 7.92. The van der Waals surface area contributed by atoms with Gasteiger partial charge in [0.05, 0.1) is 23.5 Å². The molecule has 0 spiro atoms. The van der Waals surface area contributed by atoms with Crippen LogP contribution in [0.1, 0.15) is 55.2 Å². The summed E-state index contributed by atoms with van der Waals surface area (Å²) >= 11 is 0. The van der Waals surface area contributed by atoms with Crippen LogP contribution >= 0.6 is 0 Å². The number of sulfone groups is 1. The Labute approximate surface area is 256 Å². The number of alkyl halides is 3. The van der Waals surface area contributed by atoms with E-state index < -0.39 is 60.4 Å². The maximum atomic E-state index is 15.1. The molecule has 0 bridgehead atoms. The average molecular weight is 652 g/mol. The summed E-state index contributed by atoms with van der Waals surface area (Å²) in [5, 5.41) is 10.6. The van der Waals surface area contributed by atoms with Crippen LogP contribution in [0, 0.1) is 17.6 Å². The van der Waals surface area contributed by atoms with Gasteiger partial charge in [0.2, 0.25) is 0 Å². The Hall–Kier alpha value is -4.26. The summed E-state index contributed by atoms with van der Waals surface area (Å²) in [7, 11) is -3.17. The van der Waals surface area contributed by atoms with Gasteiger partial charge in [-0.25, -0.2) is 17.2 Å². The molecular weight excluding hydrogens is 623 g/mol. The minimum Gasteiger partial charge on any atom is -0.545 e. The number of hydrogen-bond donors (Lipinski definition) is 0. The fraction of sp³-hybridized carbons (Fsp3) is 0.312. The number of benzene rings is 3. The summed E-state index contributed by atoms with van der Waals surface area (Å²) in [5.41, 5.74) is -0.989. The number of carboxylic acids is 1. The van der Waals surface area contributed by atoms with Gasteiger partial charge in [0.15, 0.2) is 21.3 Å². The molecule has 7 nitrogen and oxygen atoms in total. The van der Waals surface area contributed by atoms with Crippen molar-refractivity contribution in [3.05, 3.63) is 95.1 Å². The largest absolute Gasteiger partial charge is 0.545 e. The highest BCUT2D eigenvalue weighted by atomic mass is 32.2. The molecule has 13 heteroatoms. The molecule has 0 radical (unpaired) electrons. The van der Waals surface area contributed by atoms with Crippen molar-refractivity contribution in [1.82, 2.24) is 0 Å². The normalized spacial score (nSPS) is 18.9. The first kappa shape index (κ1) is 33.6. The van der Waals surface area contributed by atoms with Gasteiger partial charge >= 0.3 is 12.1 Å². The van der Waals surface area contributed by atoms with Gasteiger partial charge in [-0.1, -0.05) is 12.1 Å². The molecule has 0 aromatic heterocycles. The Morgan fingerprint density at radius 2 is 1.64 bits per heavy atom. The number of halogens is 5. The molecule has 3 aromatic carbocycles. The Kier molecular flexibility index (Phi) is 10.0. The van der Waals surface area contributed by atoms with E-state index >= 15 is 4.39 Å². The minimum atomic E-state index is -4.69. The van der Waals surface area contributed by atoms with E-state index in [1.165, 1.54) is 31.4 Å². The molecule has 0 heterocycles. The fourth-order valence-electron chi connectivity index (χ4n) is 5.54. The van der Waals surface area contributed by atoms with Gasteiger partial charge in [0, 0.05) is 12.0 Å². The lowest BCUT2D eigenvalue weighted by Crippen LogP contribution is -2.40. The zero-order valence-electron chi connectivity index (χ0n) is 23.9. The van der Waals surface area contributed by atoms with Crippen LogP contribution in [0.3, 0.4) is 0 Å². The summed E-state index contributed by atoms with van der Waals surface area (Å²) < 4.78 is 105. The van der Waals surface area contributed by atoms with Crippen LogP contribution in [0.15, 0.2) is 71.6 Å². The summed E-state index contributed by atoms with van der Waals surface area (Å²) in [4.78, 5) is 22.8. The molecule has 0 aliphatic heterocycles. The Morgan fingerprint density at radius 1 is 0.978 bits per heavy atom. The summed E-state index contributed by atoms with van der Waals surface area (Å²) in [6, 6.07) is 9.78. The molecule has 1 fully saturated rings. The van der Waals surface area contributed by atoms with E-state index in [2.05, 4.69) is 0 Å². The zero-order valence-corrected chi connectivity index (χ0v) is 24.7. The molecule has 45 heavy (non-hydrogen) atoms. The summed E-state index contributed by atoms with van der Waals surface area (Å²) in [6.07, 6.45) is -2.28. The lowest BCUT2D eigenvalue weighted by atomic mass is 9.76. The van der Waals surface area contributed by atoms with Crippen LogP contribution in [-0.4, -0.2) is 27.5 Å². The average Bonchev–Trinajstić information content (AvgIpc) is 3.00. The fourth-order valence-corrected chi connectivity index (χ4v) is 7.71. The number of carboxylic acid groups (broad SMARTS) is 1. The minimum absolute atomic E-state index is 0.0624. The van der Waals surface area contributed by atoms with Crippen LogP contribution in [0.2, 0.25) is 0 Å². The lowest BCUT2D eigenvalue weighted by Gasteiger charge is -2.40. The second-order valence-corrected chi connectivity index (χ2v) is 12.9. The van der Waals surface area contributed by atoms with Crippen LogP contribution < -0.4 is 14.6 Å². The lowest BCUT2D eigenvalue weighted by molar-refractivity contribution is -0.297. The van der Waals surface area contributed by atoms with E-state index in [9.17, 15) is 40.7 Å². The molecular formula is C32H28F5O7S-. The highest BCUT2D eigenvalue weighted by Gasteiger charge is 2.50. The highest BCUT2D eigenvalue weighted by Crippen LogP contribution is 2.50. The molecule has 0 atom stereocenters. The van der Waals surface area contributed by atoms with Crippen molar-refractivity contribution >= 4 is 27.9 Å². The molecule has 0 saturated heterocycles. The number of esters is 1. The van der Waals surface area contributed by atoms with E-state index in [4.69, 9.17) is 9.47 Å². The first-order valence-electron chi connectivity index (χ1n) is 13.8. The Balaban J connectivity index is 1.50. The number of carbonyl (C=O) groups excluding carboxylic acids is 2. The maximum Gasteiger partial charge on any atom is 0.416 e. The Bertz CT molecular complexity index is 1690. The van der Waals surface area contributed by atoms with Crippen LogP contribution in [0.5, 0.6) is 11.5 Å². The van der Waals surface area contributed by atoms with Crippen molar-refractivity contribution in [2.45, 2.75) is 54.3 Å². The summed E-state index contributed by atoms with van der Waals surface area (Å²) in [6.45, 7) is 0. The van der Waals surface area contributed by atoms with Crippen LogP contribution in [0.25, 0.3) is 6.08 Å². The Morgan fingerprint density at radius 3 is 2.24 bits per heavy atom. The molecule has 240 valence electrons. The van der Waals surface area contributed by atoms with E-state index in [0.29, 0.717) is 17.7 Å². The first-order chi connectivity index (χ1) is 21.2. The van der Waals surface area contributed by atoms with Gasteiger partial charge in [-0.05, 0) is 104 Å². The predicted octanol–water partition coefficient (Wildman–Crippen LogP) is 6.00. The topological polar surface area (TPSA) is 110 Å². The first-order valence-corrected chi connectivity index (χ1v) is 15.3. The smallest absolute Gasteiger partial charge is 0.416 e. The van der Waals surface area contributed by atoms with Crippen LogP contribution in [-0.2, 0) is 30.3 Å². The monoisotopic (exact) mass is 651 g/mol. The van der Waals surface area contributed by atoms with E-state index in [1.54, 1.807) is 0 Å². The van der Waals surface area contributed by atoms with E-state index in [-0.39, 0.29) is 55.9 Å². The molecule has 0 amide bonds. The van der Waals surface area contributed by atoms with Gasteiger partial charge in [-0.3, -0.25) is 4.79 Å². The van der Waals surface area contributed by atoms with E-state index in [1.807, 2.05) is 0 Å². The molecule has 1 saturated carbocycles. The second-order valence-electron chi connectivity index (χ2n) is 10.7. The zero-order chi connectivity index (χ0) is 33.0. The number of methoxy groups -OCH3 is 1. The van der Waals surface area contributed by atoms with Gasteiger partial charge in [-0.2, -0.15) is 13.2 Å². The van der Waals surface area contributed by atoms with Crippen molar-refractivity contribution in [2.75, 3.05) is 7.11 Å². The molecule has 3 aromatic rings. The molecule has 1 aliphatic rings. The van der Waals surface area contributed by atoms with Gasteiger partial charge in [-0.15, -0.1) is 0 Å². The second kappa shape index (κ2) is 13.4. The standard InChI is InChI=1S/C32H29F5O7S/c1-43-28-18-21(3-12-29(38)39)2-11-27(28)44-30(40)13-4-20-14-16-31(17-15-20,25-19-23(33)7-10-26(25)34)45(41,42)24-8-5-22(6-9-24)32(35,36)37/h2-3,5-12,18-20H,4,13-17H2,1H3,(H,38,39)/p-1/b12-3+. The molecule has 0 N–H and O–H groups in total. The quantitative estimate of drug-likeness (QED) is 0.115. The van der Waals surface area contributed by atoms with Crippen molar-refractivity contribution in [2.24, 2.45) is 5.92 Å². The van der Waals surface area contributed by atoms with Crippen molar-refractivity contribution in [1.29, 1.82) is 0 Å². The number of carbonyl (C=O) groups is 2. The number of ether oxygens (including phenoxy) is 2. The number of rotatable bonds is 10. The van der Waals surface area contributed by atoms with Crippen molar-refractivity contribution < 1.29 is 54.5 Å². The summed E-state index contributed by atoms with van der Waals surface area (Å²) in [5.74, 6) is -3.74. The number of aliphatic carboxylic acids is 1. The third kappa shape index (κ3) is 7.52. The third-order valence-corrected chi connectivity index (χ3v) is 10.5. The van der Waals surface area contributed by atoms with E-state index in [0.717, 1.165) is 36.4 Å². The van der Waals surface area contributed by atoms with Crippen LogP contribution in [0.4, 0.5) is 22.0 Å². The van der Waals surface area contributed by atoms with Crippen molar-refractivity contribution in [3.8, 4) is 11.5 Å². The SMILES string of the molecule is COc1cc(/C=C/C(=O)[O-])ccc1OC(=O)CCC1CCC(c2cc(F)ccc2F)(S(=O)(=O)c2ccc(C(F)(F)F)cc2)CC1. The van der Waals surface area contributed by atoms with Gasteiger partial charge < -0.3 is 19.4 Å². The number of hydrogen-bond acceptors (Lipinski definition) is 7. The highest BCUT2D eigenvalue weighted by molar-refractivity contribution is 7.92. The predicted molar refractivity (Wildman–Crippen MR) is 151 cm³/mol. The molecule has 0 unspecified atom stereocenters. The van der Waals surface area contributed by atoms with Gasteiger partial charge in [0.25, 0.3) is 0 Å². The van der Waals surface area contributed by atoms with Gasteiger partial charge in [0.1, 0.15) is 16.4 Å². The van der Waals surface area contributed by atoms with Crippen molar-refractivity contribution in [3.63, 3.8) is 0 Å². The molecule has 4 rings (SSSR count). The molecule has 1 aliphatic carbocycles. The maximum absolute atomic E-state index is 15.1.